The fourth-order valence-electron chi connectivity index (χ4n) is 5.77. The maximum atomic E-state index is 12.3. The van der Waals surface area contributed by atoms with Gasteiger partial charge in [0.2, 0.25) is 0 Å². The topological polar surface area (TPSA) is 116 Å². The van der Waals surface area contributed by atoms with Gasteiger partial charge in [-0.1, -0.05) is 44.7 Å². The largest absolute Gasteiger partial charge is 0.339 e. The van der Waals surface area contributed by atoms with E-state index in [2.05, 4.69) is 55.4 Å². The molecule has 0 saturated heterocycles. The van der Waals surface area contributed by atoms with Crippen molar-refractivity contribution in [2.45, 2.75) is 52.2 Å². The van der Waals surface area contributed by atoms with Crippen molar-refractivity contribution in [1.29, 1.82) is 0 Å². The first-order chi connectivity index (χ1) is 17.2. The Morgan fingerprint density at radius 3 is 2.22 bits per heavy atom. The smallest absolute Gasteiger partial charge is 0.267 e. The summed E-state index contributed by atoms with van der Waals surface area (Å²) in [6, 6.07) is 14.7. The van der Waals surface area contributed by atoms with Crippen molar-refractivity contribution < 1.29 is 16.2 Å². The third kappa shape index (κ3) is 5.46. The van der Waals surface area contributed by atoms with Crippen LogP contribution in [-0.4, -0.2) is 35.7 Å². The SMILES string of the molecule is C[C@@H]1[C@@H](NCc2ccc(C#Cc3ccc(C(=O)N[C@@H](CN)C(=O)NO)cc3)cc2)CC2C[C@@H]1C2(C)C.[HH]. The molecule has 0 heterocycles. The van der Waals surface area contributed by atoms with Gasteiger partial charge in [0.15, 0.2) is 0 Å². The lowest BCUT2D eigenvalue weighted by molar-refractivity contribution is -0.130. The van der Waals surface area contributed by atoms with E-state index in [1.54, 1.807) is 24.3 Å². The molecule has 2 bridgehead atoms. The Morgan fingerprint density at radius 2 is 1.69 bits per heavy atom. The minimum Gasteiger partial charge on any atom is -0.339 e. The van der Waals surface area contributed by atoms with Crippen LogP contribution in [0.1, 0.15) is 62.1 Å². The fraction of sp³-hybridized carbons (Fsp3) is 0.448. The number of nitrogens with one attached hydrogen (secondary N) is 3. The summed E-state index contributed by atoms with van der Waals surface area (Å²) in [5, 5.41) is 15.0. The number of rotatable bonds is 7. The van der Waals surface area contributed by atoms with E-state index in [1.807, 2.05) is 12.1 Å². The molecule has 7 heteroatoms. The molecule has 3 fully saturated rings. The predicted molar refractivity (Wildman–Crippen MR) is 141 cm³/mol. The lowest BCUT2D eigenvalue weighted by atomic mass is 9.45. The molecule has 0 radical (unpaired) electrons. The highest BCUT2D eigenvalue weighted by Gasteiger charge is 2.55. The lowest BCUT2D eigenvalue weighted by Gasteiger charge is -2.62. The molecule has 5 atom stereocenters. The summed E-state index contributed by atoms with van der Waals surface area (Å²) in [5.41, 5.74) is 10.8. The molecular formula is C29H38N4O3. The van der Waals surface area contributed by atoms with Crippen LogP contribution in [-0.2, 0) is 11.3 Å². The average Bonchev–Trinajstić information content (AvgIpc) is 2.89. The Balaban J connectivity index is 0.00000380. The van der Waals surface area contributed by atoms with Crippen molar-refractivity contribution in [2.24, 2.45) is 28.9 Å². The Hall–Kier alpha value is -3.18. The zero-order chi connectivity index (χ0) is 25.9. The number of benzene rings is 2. The van der Waals surface area contributed by atoms with Crippen LogP contribution in [0.25, 0.3) is 0 Å². The van der Waals surface area contributed by atoms with E-state index < -0.39 is 17.9 Å². The van der Waals surface area contributed by atoms with Gasteiger partial charge in [0.05, 0.1) is 0 Å². The molecule has 36 heavy (non-hydrogen) atoms. The first kappa shape index (κ1) is 25.9. The fourth-order valence-corrected chi connectivity index (χ4v) is 5.77. The second-order valence-electron chi connectivity index (χ2n) is 10.7. The van der Waals surface area contributed by atoms with E-state index >= 15 is 0 Å². The van der Waals surface area contributed by atoms with E-state index in [0.717, 1.165) is 35.4 Å². The van der Waals surface area contributed by atoms with Crippen LogP contribution < -0.4 is 21.8 Å². The summed E-state index contributed by atoms with van der Waals surface area (Å²) < 4.78 is 0. The zero-order valence-corrected chi connectivity index (χ0v) is 21.2. The van der Waals surface area contributed by atoms with Gasteiger partial charge in [0.1, 0.15) is 6.04 Å². The predicted octanol–water partition coefficient (Wildman–Crippen LogP) is 3.06. The number of fused-ring (bicyclic) bond motifs is 2. The van der Waals surface area contributed by atoms with E-state index in [4.69, 9.17) is 10.9 Å². The van der Waals surface area contributed by atoms with Crippen LogP contribution in [0.4, 0.5) is 0 Å². The van der Waals surface area contributed by atoms with Gasteiger partial charge in [-0.05, 0) is 78.0 Å². The van der Waals surface area contributed by atoms with Crippen LogP contribution in [0.2, 0.25) is 0 Å². The monoisotopic (exact) mass is 490 g/mol. The molecule has 3 saturated carbocycles. The van der Waals surface area contributed by atoms with Crippen molar-refractivity contribution in [3.8, 4) is 11.8 Å². The van der Waals surface area contributed by atoms with Crippen molar-refractivity contribution >= 4 is 11.8 Å². The number of amides is 2. The number of hydroxylamine groups is 1. The highest BCUT2D eigenvalue weighted by Crippen LogP contribution is 2.61. The molecule has 3 aliphatic carbocycles. The second-order valence-corrected chi connectivity index (χ2v) is 10.7. The standard InChI is InChI=1S/C29H36N4O3.H2/c1-18-24-14-23(29(24,2)3)15-25(18)31-17-21-8-6-19(7-9-21)4-5-20-10-12-22(13-11-20)27(34)32-26(16-30)28(35)33-36;/h6-13,18,23-26,31,36H,14-17,30H2,1-3H3,(H,32,34)(H,33,35);1H/t18-,23?,24-,25-,26-;/m0./s1. The lowest BCUT2D eigenvalue weighted by Crippen LogP contribution is -2.59. The summed E-state index contributed by atoms with van der Waals surface area (Å²) in [6.45, 7) is 8.02. The summed E-state index contributed by atoms with van der Waals surface area (Å²) in [5.74, 6) is 7.47. The number of hydrogen-bond donors (Lipinski definition) is 5. The highest BCUT2D eigenvalue weighted by molar-refractivity contribution is 5.97. The Morgan fingerprint density at radius 1 is 1.08 bits per heavy atom. The molecule has 3 aliphatic rings. The molecule has 0 spiro atoms. The maximum absolute atomic E-state index is 12.3. The van der Waals surface area contributed by atoms with E-state index in [-0.39, 0.29) is 7.97 Å². The van der Waals surface area contributed by atoms with E-state index in [9.17, 15) is 9.59 Å². The van der Waals surface area contributed by atoms with Gasteiger partial charge in [-0.3, -0.25) is 14.8 Å². The molecule has 2 amide bonds. The van der Waals surface area contributed by atoms with Crippen molar-refractivity contribution in [3.63, 3.8) is 0 Å². The van der Waals surface area contributed by atoms with Gasteiger partial charge in [0.25, 0.3) is 11.8 Å². The molecular weight excluding hydrogens is 452 g/mol. The van der Waals surface area contributed by atoms with Crippen LogP contribution >= 0.6 is 0 Å². The van der Waals surface area contributed by atoms with Gasteiger partial charge in [0, 0.05) is 37.2 Å². The molecule has 2 aromatic rings. The third-order valence-corrected chi connectivity index (χ3v) is 8.34. The van der Waals surface area contributed by atoms with E-state index in [0.29, 0.717) is 17.0 Å². The number of nitrogens with two attached hydrogens (primary N) is 1. The Labute approximate surface area is 214 Å². The van der Waals surface area contributed by atoms with Crippen LogP contribution in [0.3, 0.4) is 0 Å². The Bertz CT molecular complexity index is 1150. The van der Waals surface area contributed by atoms with Crippen LogP contribution in [0.15, 0.2) is 48.5 Å². The molecule has 192 valence electrons. The quantitative estimate of drug-likeness (QED) is 0.232. The van der Waals surface area contributed by atoms with Gasteiger partial charge in [-0.15, -0.1) is 0 Å². The second kappa shape index (κ2) is 10.8. The van der Waals surface area contributed by atoms with Gasteiger partial charge < -0.3 is 16.4 Å². The number of carbonyl (C=O) groups is 2. The molecule has 5 rings (SSSR count). The molecule has 2 aromatic carbocycles. The average molecular weight is 491 g/mol. The number of carbonyl (C=O) groups excluding carboxylic acids is 2. The zero-order valence-electron chi connectivity index (χ0n) is 21.2. The normalized spacial score (nSPS) is 24.5. The summed E-state index contributed by atoms with van der Waals surface area (Å²) in [6.07, 6.45) is 2.67. The van der Waals surface area contributed by atoms with E-state index in [1.165, 1.54) is 23.9 Å². The molecule has 6 N–H and O–H groups in total. The maximum Gasteiger partial charge on any atom is 0.267 e. The molecule has 7 nitrogen and oxygen atoms in total. The van der Waals surface area contributed by atoms with Crippen LogP contribution in [0.5, 0.6) is 0 Å². The van der Waals surface area contributed by atoms with Gasteiger partial charge in [-0.25, -0.2) is 5.48 Å². The van der Waals surface area contributed by atoms with Crippen LogP contribution in [0, 0.1) is 35.0 Å². The first-order valence-corrected chi connectivity index (χ1v) is 12.6. The minimum absolute atomic E-state index is 0. The first-order valence-electron chi connectivity index (χ1n) is 12.6. The molecule has 0 aromatic heterocycles. The van der Waals surface area contributed by atoms with Gasteiger partial charge in [-0.2, -0.15) is 0 Å². The highest BCUT2D eigenvalue weighted by atomic mass is 16.5. The van der Waals surface area contributed by atoms with Crippen molar-refractivity contribution in [2.75, 3.05) is 6.54 Å². The summed E-state index contributed by atoms with van der Waals surface area (Å²) in [7, 11) is 0. The summed E-state index contributed by atoms with van der Waals surface area (Å²) >= 11 is 0. The molecule has 0 aliphatic heterocycles. The summed E-state index contributed by atoms with van der Waals surface area (Å²) in [4.78, 5) is 23.8. The van der Waals surface area contributed by atoms with Crippen molar-refractivity contribution in [3.05, 3.63) is 70.8 Å². The van der Waals surface area contributed by atoms with Gasteiger partial charge >= 0.3 is 0 Å². The Kier molecular flexibility index (Phi) is 7.79. The third-order valence-electron chi connectivity index (χ3n) is 8.34. The minimum atomic E-state index is -1.01. The number of hydrogen-bond acceptors (Lipinski definition) is 5. The van der Waals surface area contributed by atoms with Crippen molar-refractivity contribution in [1.82, 2.24) is 16.1 Å². The molecule has 1 unspecified atom stereocenters.